The summed E-state index contributed by atoms with van der Waals surface area (Å²) in [6, 6.07) is 0. The number of nitrogens with zero attached hydrogens (tertiary/aromatic N) is 2. The second-order valence-corrected chi connectivity index (χ2v) is 4.52. The summed E-state index contributed by atoms with van der Waals surface area (Å²) < 4.78 is 9.78. The SMILES string of the molecule is C=CC(=O)N(CCC(=O)OCCOC)CCN(CC)CC. The van der Waals surface area contributed by atoms with Crippen molar-refractivity contribution in [2.45, 2.75) is 20.3 Å². The molecule has 0 aliphatic heterocycles. The van der Waals surface area contributed by atoms with Crippen molar-refractivity contribution in [2.75, 3.05) is 53.0 Å². The van der Waals surface area contributed by atoms with Crippen LogP contribution in [-0.2, 0) is 19.1 Å². The molecule has 0 aliphatic carbocycles. The zero-order valence-electron chi connectivity index (χ0n) is 13.5. The molecule has 0 aromatic rings. The molecule has 0 bridgehead atoms. The van der Waals surface area contributed by atoms with Crippen molar-refractivity contribution < 1.29 is 19.1 Å². The van der Waals surface area contributed by atoms with Gasteiger partial charge in [0.05, 0.1) is 13.0 Å². The van der Waals surface area contributed by atoms with E-state index < -0.39 is 0 Å². The van der Waals surface area contributed by atoms with Gasteiger partial charge in [-0.25, -0.2) is 0 Å². The lowest BCUT2D eigenvalue weighted by atomic mass is 10.3. The normalized spacial score (nSPS) is 10.5. The van der Waals surface area contributed by atoms with Crippen molar-refractivity contribution in [3.63, 3.8) is 0 Å². The molecule has 0 aliphatic rings. The highest BCUT2D eigenvalue weighted by Crippen LogP contribution is 1.98. The van der Waals surface area contributed by atoms with Crippen LogP contribution in [0.4, 0.5) is 0 Å². The van der Waals surface area contributed by atoms with E-state index in [2.05, 4.69) is 25.3 Å². The zero-order valence-corrected chi connectivity index (χ0v) is 13.5. The minimum absolute atomic E-state index is 0.160. The summed E-state index contributed by atoms with van der Waals surface area (Å²) in [6.45, 7) is 11.9. The Kier molecular flexibility index (Phi) is 11.5. The average molecular weight is 300 g/mol. The minimum Gasteiger partial charge on any atom is -0.463 e. The maximum Gasteiger partial charge on any atom is 0.307 e. The third-order valence-electron chi connectivity index (χ3n) is 3.20. The van der Waals surface area contributed by atoms with Crippen molar-refractivity contribution >= 4 is 11.9 Å². The fourth-order valence-corrected chi connectivity index (χ4v) is 1.80. The number of carbonyl (C=O) groups is 2. The predicted molar refractivity (Wildman–Crippen MR) is 82.0 cm³/mol. The van der Waals surface area contributed by atoms with Crippen LogP contribution in [0.5, 0.6) is 0 Å². The van der Waals surface area contributed by atoms with Gasteiger partial charge >= 0.3 is 5.97 Å². The first-order valence-electron chi connectivity index (χ1n) is 7.37. The molecule has 0 spiro atoms. The lowest BCUT2D eigenvalue weighted by Crippen LogP contribution is -2.39. The summed E-state index contributed by atoms with van der Waals surface area (Å²) in [6.07, 6.45) is 1.46. The molecular formula is C15H28N2O4. The topological polar surface area (TPSA) is 59.1 Å². The molecule has 0 saturated carbocycles. The molecule has 0 unspecified atom stereocenters. The first kappa shape index (κ1) is 19.6. The molecule has 1 amide bonds. The number of hydrogen-bond acceptors (Lipinski definition) is 5. The lowest BCUT2D eigenvalue weighted by molar-refractivity contribution is -0.145. The fraction of sp³-hybridized carbons (Fsp3) is 0.733. The van der Waals surface area contributed by atoms with E-state index in [-0.39, 0.29) is 24.9 Å². The second-order valence-electron chi connectivity index (χ2n) is 4.52. The van der Waals surface area contributed by atoms with Gasteiger partial charge in [0.2, 0.25) is 5.91 Å². The van der Waals surface area contributed by atoms with Crippen molar-refractivity contribution in [1.82, 2.24) is 9.80 Å². The van der Waals surface area contributed by atoms with Gasteiger partial charge in [0.1, 0.15) is 6.61 Å². The molecule has 0 atom stereocenters. The van der Waals surface area contributed by atoms with Gasteiger partial charge in [0.25, 0.3) is 0 Å². The summed E-state index contributed by atoms with van der Waals surface area (Å²) >= 11 is 0. The van der Waals surface area contributed by atoms with Crippen LogP contribution in [0.15, 0.2) is 12.7 Å². The first-order valence-corrected chi connectivity index (χ1v) is 7.37. The van der Waals surface area contributed by atoms with E-state index in [1.165, 1.54) is 6.08 Å². The number of methoxy groups -OCH3 is 1. The van der Waals surface area contributed by atoms with E-state index in [9.17, 15) is 9.59 Å². The molecule has 0 aromatic carbocycles. The average Bonchev–Trinajstić information content (AvgIpc) is 2.50. The van der Waals surface area contributed by atoms with Crippen molar-refractivity contribution in [2.24, 2.45) is 0 Å². The number of hydrogen-bond donors (Lipinski definition) is 0. The molecule has 0 rings (SSSR count). The van der Waals surface area contributed by atoms with E-state index in [0.717, 1.165) is 19.6 Å². The summed E-state index contributed by atoms with van der Waals surface area (Å²) in [5, 5.41) is 0. The minimum atomic E-state index is -0.322. The Hall–Kier alpha value is -1.40. The maximum atomic E-state index is 11.8. The molecule has 0 saturated heterocycles. The number of carbonyl (C=O) groups excluding carboxylic acids is 2. The van der Waals surface area contributed by atoms with Crippen LogP contribution in [0.3, 0.4) is 0 Å². The fourth-order valence-electron chi connectivity index (χ4n) is 1.80. The van der Waals surface area contributed by atoms with Crippen LogP contribution in [0.2, 0.25) is 0 Å². The van der Waals surface area contributed by atoms with Crippen molar-refractivity contribution in [3.8, 4) is 0 Å². The van der Waals surface area contributed by atoms with Crippen LogP contribution in [0.25, 0.3) is 0 Å². The molecule has 0 fully saturated rings. The summed E-state index contributed by atoms with van der Waals surface area (Å²) in [4.78, 5) is 27.2. The smallest absolute Gasteiger partial charge is 0.307 e. The van der Waals surface area contributed by atoms with Gasteiger partial charge < -0.3 is 19.3 Å². The number of esters is 1. The van der Waals surface area contributed by atoms with Crippen molar-refractivity contribution in [1.29, 1.82) is 0 Å². The zero-order chi connectivity index (χ0) is 16.1. The molecular weight excluding hydrogens is 272 g/mol. The standard InChI is InChI=1S/C15H28N2O4/c1-5-14(18)17(11-10-16(6-2)7-3)9-8-15(19)21-13-12-20-4/h5H,1,6-13H2,2-4H3. The van der Waals surface area contributed by atoms with Gasteiger partial charge in [-0.05, 0) is 19.2 Å². The van der Waals surface area contributed by atoms with E-state index in [1.807, 2.05) is 0 Å². The van der Waals surface area contributed by atoms with E-state index in [1.54, 1.807) is 12.0 Å². The lowest BCUT2D eigenvalue weighted by Gasteiger charge is -2.25. The highest BCUT2D eigenvalue weighted by atomic mass is 16.6. The van der Waals surface area contributed by atoms with Crippen LogP contribution in [-0.4, -0.2) is 74.7 Å². The largest absolute Gasteiger partial charge is 0.463 e. The third-order valence-corrected chi connectivity index (χ3v) is 3.20. The summed E-state index contributed by atoms with van der Waals surface area (Å²) in [5.74, 6) is -0.483. The number of likely N-dealkylation sites (N-methyl/N-ethyl adjacent to an activating group) is 1. The van der Waals surface area contributed by atoms with Gasteiger partial charge in [0, 0.05) is 26.7 Å². The van der Waals surface area contributed by atoms with E-state index >= 15 is 0 Å². The van der Waals surface area contributed by atoms with Crippen LogP contribution in [0.1, 0.15) is 20.3 Å². The number of ether oxygens (including phenoxy) is 2. The Morgan fingerprint density at radius 1 is 1.10 bits per heavy atom. The van der Waals surface area contributed by atoms with Crippen LogP contribution >= 0.6 is 0 Å². The van der Waals surface area contributed by atoms with Crippen molar-refractivity contribution in [3.05, 3.63) is 12.7 Å². The quantitative estimate of drug-likeness (QED) is 0.305. The molecule has 21 heavy (non-hydrogen) atoms. The maximum absolute atomic E-state index is 11.8. The van der Waals surface area contributed by atoms with Gasteiger partial charge in [-0.1, -0.05) is 20.4 Å². The first-order chi connectivity index (χ1) is 10.1. The molecule has 122 valence electrons. The molecule has 6 heteroatoms. The van der Waals surface area contributed by atoms with Crippen LogP contribution < -0.4 is 0 Å². The monoisotopic (exact) mass is 300 g/mol. The number of amides is 1. The number of rotatable bonds is 12. The Morgan fingerprint density at radius 2 is 1.76 bits per heavy atom. The molecule has 0 N–H and O–H groups in total. The van der Waals surface area contributed by atoms with E-state index in [4.69, 9.17) is 9.47 Å². The molecule has 0 radical (unpaired) electrons. The third kappa shape index (κ3) is 9.20. The Labute approximate surface area is 127 Å². The predicted octanol–water partition coefficient (Wildman–Crippen LogP) is 0.923. The molecule has 0 aromatic heterocycles. The van der Waals surface area contributed by atoms with E-state index in [0.29, 0.717) is 19.7 Å². The van der Waals surface area contributed by atoms with Crippen LogP contribution in [0, 0.1) is 0 Å². The van der Waals surface area contributed by atoms with Gasteiger partial charge in [-0.2, -0.15) is 0 Å². The van der Waals surface area contributed by atoms with Gasteiger partial charge in [0.15, 0.2) is 0 Å². The Balaban J connectivity index is 4.21. The Bertz CT molecular complexity index is 317. The Morgan fingerprint density at radius 3 is 2.29 bits per heavy atom. The molecule has 6 nitrogen and oxygen atoms in total. The molecule has 0 heterocycles. The van der Waals surface area contributed by atoms with Gasteiger partial charge in [-0.15, -0.1) is 0 Å². The van der Waals surface area contributed by atoms with Gasteiger partial charge in [-0.3, -0.25) is 9.59 Å². The highest BCUT2D eigenvalue weighted by Gasteiger charge is 2.14. The summed E-state index contributed by atoms with van der Waals surface area (Å²) in [5.41, 5.74) is 0. The summed E-state index contributed by atoms with van der Waals surface area (Å²) in [7, 11) is 1.55. The second kappa shape index (κ2) is 12.3. The highest BCUT2D eigenvalue weighted by molar-refractivity contribution is 5.87.